The second kappa shape index (κ2) is 5.13. The van der Waals surface area contributed by atoms with Gasteiger partial charge < -0.3 is 0 Å². The number of rotatable bonds is 3. The third kappa shape index (κ3) is 2.83. The van der Waals surface area contributed by atoms with Gasteiger partial charge in [0.15, 0.2) is 0 Å². The molecule has 0 radical (unpaired) electrons. The Labute approximate surface area is 99.7 Å². The maximum Gasteiger partial charge on any atom is 0.123 e. The fraction of sp³-hybridized carbons (Fsp3) is 0.143. The van der Waals surface area contributed by atoms with E-state index in [-0.39, 0.29) is 11.2 Å². The van der Waals surface area contributed by atoms with Gasteiger partial charge in [-0.15, -0.1) is 11.6 Å². The molecule has 2 rings (SSSR count). The fourth-order valence-corrected chi connectivity index (χ4v) is 1.97. The Balaban J connectivity index is 2.11. The summed E-state index contributed by atoms with van der Waals surface area (Å²) in [4.78, 5) is 0. The minimum absolute atomic E-state index is 0.108. The summed E-state index contributed by atoms with van der Waals surface area (Å²) < 4.78 is 13.0. The van der Waals surface area contributed by atoms with Gasteiger partial charge in [-0.3, -0.25) is 0 Å². The minimum Gasteiger partial charge on any atom is -0.207 e. The van der Waals surface area contributed by atoms with Crippen LogP contribution in [0, 0.1) is 5.82 Å². The quantitative estimate of drug-likeness (QED) is 0.693. The summed E-state index contributed by atoms with van der Waals surface area (Å²) in [7, 11) is 0. The minimum atomic E-state index is -0.213. The van der Waals surface area contributed by atoms with Crippen LogP contribution >= 0.6 is 11.6 Å². The number of alkyl halides is 1. The van der Waals surface area contributed by atoms with Gasteiger partial charge in [-0.1, -0.05) is 42.5 Å². The molecule has 1 atom stereocenters. The highest BCUT2D eigenvalue weighted by atomic mass is 35.5. The van der Waals surface area contributed by atoms with Gasteiger partial charge in [-0.25, -0.2) is 4.39 Å². The van der Waals surface area contributed by atoms with Gasteiger partial charge in [0.05, 0.1) is 5.38 Å². The fourth-order valence-electron chi connectivity index (χ4n) is 1.65. The molecule has 0 heterocycles. The van der Waals surface area contributed by atoms with Crippen molar-refractivity contribution in [3.8, 4) is 0 Å². The van der Waals surface area contributed by atoms with Gasteiger partial charge in [0.2, 0.25) is 0 Å². The maximum atomic E-state index is 13.0. The highest BCUT2D eigenvalue weighted by molar-refractivity contribution is 6.20. The molecule has 0 saturated carbocycles. The third-order valence-corrected chi connectivity index (χ3v) is 2.87. The van der Waals surface area contributed by atoms with Crippen LogP contribution in [0.1, 0.15) is 16.5 Å². The molecule has 0 aliphatic carbocycles. The summed E-state index contributed by atoms with van der Waals surface area (Å²) in [6.45, 7) is 0. The molecule has 0 amide bonds. The molecule has 2 aromatic rings. The molecule has 0 aromatic heterocycles. The summed E-state index contributed by atoms with van der Waals surface area (Å²) in [5.74, 6) is -0.213. The average molecular weight is 235 g/mol. The second-order valence-electron chi connectivity index (χ2n) is 3.71. The standard InChI is InChI=1S/C14H12ClF/c15-14(12-6-2-1-3-7-12)10-11-5-4-8-13(16)9-11/h1-9,14H,10H2. The van der Waals surface area contributed by atoms with Crippen LogP contribution in [0.3, 0.4) is 0 Å². The summed E-state index contributed by atoms with van der Waals surface area (Å²) in [6.07, 6.45) is 0.642. The Hall–Kier alpha value is -1.34. The van der Waals surface area contributed by atoms with Crippen molar-refractivity contribution in [3.63, 3.8) is 0 Å². The SMILES string of the molecule is Fc1cccc(CC(Cl)c2ccccc2)c1. The highest BCUT2D eigenvalue weighted by Gasteiger charge is 2.08. The Morgan fingerprint density at radius 2 is 1.75 bits per heavy atom. The van der Waals surface area contributed by atoms with Crippen LogP contribution in [0.15, 0.2) is 54.6 Å². The second-order valence-corrected chi connectivity index (χ2v) is 4.24. The first-order chi connectivity index (χ1) is 7.75. The van der Waals surface area contributed by atoms with Crippen molar-refractivity contribution in [2.45, 2.75) is 11.8 Å². The third-order valence-electron chi connectivity index (χ3n) is 2.47. The zero-order chi connectivity index (χ0) is 11.4. The lowest BCUT2D eigenvalue weighted by molar-refractivity contribution is 0.625. The number of hydrogen-bond acceptors (Lipinski definition) is 0. The van der Waals surface area contributed by atoms with E-state index < -0.39 is 0 Å². The van der Waals surface area contributed by atoms with Crippen LogP contribution in [-0.2, 0) is 6.42 Å². The number of hydrogen-bond donors (Lipinski definition) is 0. The smallest absolute Gasteiger partial charge is 0.123 e. The van der Waals surface area contributed by atoms with Crippen molar-refractivity contribution >= 4 is 11.6 Å². The van der Waals surface area contributed by atoms with E-state index in [1.807, 2.05) is 36.4 Å². The summed E-state index contributed by atoms with van der Waals surface area (Å²) in [5.41, 5.74) is 1.98. The van der Waals surface area contributed by atoms with Crippen molar-refractivity contribution in [3.05, 3.63) is 71.5 Å². The topological polar surface area (TPSA) is 0 Å². The molecule has 0 bridgehead atoms. The molecule has 0 N–H and O–H groups in total. The van der Waals surface area contributed by atoms with E-state index in [0.717, 1.165) is 11.1 Å². The summed E-state index contributed by atoms with van der Waals surface area (Å²) in [6, 6.07) is 16.4. The van der Waals surface area contributed by atoms with E-state index in [0.29, 0.717) is 6.42 Å². The molecule has 0 aliphatic heterocycles. The van der Waals surface area contributed by atoms with Gasteiger partial charge >= 0.3 is 0 Å². The molecule has 0 aliphatic rings. The Bertz CT molecular complexity index is 453. The average Bonchev–Trinajstić information content (AvgIpc) is 2.30. The monoisotopic (exact) mass is 234 g/mol. The van der Waals surface area contributed by atoms with Crippen LogP contribution in [0.2, 0.25) is 0 Å². The van der Waals surface area contributed by atoms with Crippen LogP contribution < -0.4 is 0 Å². The lowest BCUT2D eigenvalue weighted by Crippen LogP contribution is -1.95. The van der Waals surface area contributed by atoms with Gasteiger partial charge in [-0.05, 0) is 29.7 Å². The zero-order valence-electron chi connectivity index (χ0n) is 8.74. The molecule has 0 nitrogen and oxygen atoms in total. The first-order valence-corrected chi connectivity index (χ1v) is 5.63. The molecule has 0 spiro atoms. The summed E-state index contributed by atoms with van der Waals surface area (Å²) >= 11 is 6.27. The zero-order valence-corrected chi connectivity index (χ0v) is 9.49. The Kier molecular flexibility index (Phi) is 3.58. The van der Waals surface area contributed by atoms with Gasteiger partial charge in [-0.2, -0.15) is 0 Å². The molecular weight excluding hydrogens is 223 g/mol. The molecule has 2 aromatic carbocycles. The molecule has 82 valence electrons. The predicted molar refractivity (Wildman–Crippen MR) is 65.1 cm³/mol. The van der Waals surface area contributed by atoms with E-state index in [2.05, 4.69) is 0 Å². The number of halogens is 2. The van der Waals surface area contributed by atoms with Crippen LogP contribution in [0.25, 0.3) is 0 Å². The van der Waals surface area contributed by atoms with Crippen molar-refractivity contribution in [1.29, 1.82) is 0 Å². The molecule has 1 unspecified atom stereocenters. The highest BCUT2D eigenvalue weighted by Crippen LogP contribution is 2.24. The predicted octanol–water partition coefficient (Wildman–Crippen LogP) is 4.35. The molecule has 16 heavy (non-hydrogen) atoms. The summed E-state index contributed by atoms with van der Waals surface area (Å²) in [5, 5.41) is -0.108. The van der Waals surface area contributed by atoms with Gasteiger partial charge in [0.25, 0.3) is 0 Å². The Morgan fingerprint density at radius 3 is 2.44 bits per heavy atom. The van der Waals surface area contributed by atoms with E-state index in [1.165, 1.54) is 12.1 Å². The van der Waals surface area contributed by atoms with Crippen LogP contribution in [0.4, 0.5) is 4.39 Å². The van der Waals surface area contributed by atoms with E-state index in [1.54, 1.807) is 6.07 Å². The van der Waals surface area contributed by atoms with Gasteiger partial charge in [0, 0.05) is 0 Å². The van der Waals surface area contributed by atoms with E-state index >= 15 is 0 Å². The van der Waals surface area contributed by atoms with E-state index in [4.69, 9.17) is 11.6 Å². The van der Waals surface area contributed by atoms with E-state index in [9.17, 15) is 4.39 Å². The lowest BCUT2D eigenvalue weighted by Gasteiger charge is -2.09. The Morgan fingerprint density at radius 1 is 1.00 bits per heavy atom. The first kappa shape index (κ1) is 11.2. The molecule has 0 fully saturated rings. The normalized spacial score (nSPS) is 12.4. The van der Waals surface area contributed by atoms with Gasteiger partial charge in [0.1, 0.15) is 5.82 Å². The van der Waals surface area contributed by atoms with Crippen molar-refractivity contribution in [2.75, 3.05) is 0 Å². The van der Waals surface area contributed by atoms with Crippen molar-refractivity contribution in [1.82, 2.24) is 0 Å². The van der Waals surface area contributed by atoms with Crippen molar-refractivity contribution < 1.29 is 4.39 Å². The molecular formula is C14H12ClF. The number of benzene rings is 2. The van der Waals surface area contributed by atoms with Crippen molar-refractivity contribution in [2.24, 2.45) is 0 Å². The van der Waals surface area contributed by atoms with Crippen LogP contribution in [0.5, 0.6) is 0 Å². The lowest BCUT2D eigenvalue weighted by atomic mass is 10.0. The largest absolute Gasteiger partial charge is 0.207 e. The molecule has 2 heteroatoms. The first-order valence-electron chi connectivity index (χ1n) is 5.19. The molecule has 0 saturated heterocycles. The van der Waals surface area contributed by atoms with Crippen LogP contribution in [-0.4, -0.2) is 0 Å². The maximum absolute atomic E-state index is 13.0.